The van der Waals surface area contributed by atoms with Gasteiger partial charge in [0, 0.05) is 18.3 Å². The van der Waals surface area contributed by atoms with E-state index in [2.05, 4.69) is 30.2 Å². The minimum atomic E-state index is 0.00784. The molecule has 0 spiro atoms. The van der Waals surface area contributed by atoms with E-state index in [-0.39, 0.29) is 12.0 Å². The summed E-state index contributed by atoms with van der Waals surface area (Å²) in [4.78, 5) is 16.5. The molecule has 2 aromatic rings. The molecule has 1 aromatic heterocycles. The maximum absolute atomic E-state index is 12.1. The highest BCUT2D eigenvalue weighted by molar-refractivity contribution is 8.00. The summed E-state index contributed by atoms with van der Waals surface area (Å²) >= 11 is 3.31. The molecule has 1 atom stereocenters. The topological polar surface area (TPSA) is 51.2 Å². The number of benzene rings is 1. The molecule has 1 amide bonds. The Morgan fingerprint density at radius 1 is 1.52 bits per heavy atom. The number of thioether (sulfide) groups is 1. The maximum atomic E-state index is 12.1. The van der Waals surface area contributed by atoms with Crippen molar-refractivity contribution in [2.75, 3.05) is 5.75 Å². The van der Waals surface area contributed by atoms with Crippen molar-refractivity contribution in [1.82, 2.24) is 10.3 Å². The fraction of sp³-hybridized carbons (Fsp3) is 0.412. The summed E-state index contributed by atoms with van der Waals surface area (Å²) in [5, 5.41) is 4.93. The lowest BCUT2D eigenvalue weighted by Gasteiger charge is -2.06. The molecule has 0 saturated carbocycles. The monoisotopic (exact) mass is 348 g/mol. The fourth-order valence-electron chi connectivity index (χ4n) is 2.57. The van der Waals surface area contributed by atoms with E-state index in [4.69, 9.17) is 4.74 Å². The number of hydrogen-bond acceptors (Lipinski definition) is 5. The van der Waals surface area contributed by atoms with Crippen LogP contribution in [-0.4, -0.2) is 22.7 Å². The van der Waals surface area contributed by atoms with E-state index in [1.165, 1.54) is 5.56 Å². The Kier molecular flexibility index (Phi) is 5.23. The predicted octanol–water partition coefficient (Wildman–Crippen LogP) is 3.44. The van der Waals surface area contributed by atoms with Gasteiger partial charge in [-0.25, -0.2) is 4.98 Å². The van der Waals surface area contributed by atoms with Gasteiger partial charge in [0.25, 0.3) is 0 Å². The van der Waals surface area contributed by atoms with E-state index >= 15 is 0 Å². The zero-order valence-corrected chi connectivity index (χ0v) is 14.9. The van der Waals surface area contributed by atoms with E-state index in [0.29, 0.717) is 13.0 Å². The van der Waals surface area contributed by atoms with Crippen LogP contribution in [0, 0.1) is 0 Å². The summed E-state index contributed by atoms with van der Waals surface area (Å²) in [6, 6.07) is 6.13. The molecule has 3 rings (SSSR count). The SMILES string of the molecule is CCSc1nc(CC(=O)NCc2ccc3c(c2)C[C@H](C)O3)cs1. The molecule has 0 unspecified atom stereocenters. The molecule has 4 nitrogen and oxygen atoms in total. The normalized spacial score (nSPS) is 16.0. The van der Waals surface area contributed by atoms with Gasteiger partial charge in [0.2, 0.25) is 5.91 Å². The van der Waals surface area contributed by atoms with Gasteiger partial charge in [0.15, 0.2) is 0 Å². The molecule has 0 bridgehead atoms. The molecule has 2 heterocycles. The van der Waals surface area contributed by atoms with Crippen molar-refractivity contribution in [3.05, 3.63) is 40.4 Å². The van der Waals surface area contributed by atoms with E-state index in [1.807, 2.05) is 17.5 Å². The first-order chi connectivity index (χ1) is 11.1. The van der Waals surface area contributed by atoms with Gasteiger partial charge in [-0.15, -0.1) is 11.3 Å². The molecule has 1 N–H and O–H groups in total. The van der Waals surface area contributed by atoms with Crippen LogP contribution in [0.5, 0.6) is 5.75 Å². The molecule has 0 radical (unpaired) electrons. The molecule has 6 heteroatoms. The minimum Gasteiger partial charge on any atom is -0.490 e. The van der Waals surface area contributed by atoms with Gasteiger partial charge in [-0.2, -0.15) is 0 Å². The van der Waals surface area contributed by atoms with Crippen LogP contribution < -0.4 is 10.1 Å². The van der Waals surface area contributed by atoms with Crippen LogP contribution in [0.4, 0.5) is 0 Å². The molecule has 1 aromatic carbocycles. The number of rotatable bonds is 6. The number of fused-ring (bicyclic) bond motifs is 1. The molecule has 0 fully saturated rings. The van der Waals surface area contributed by atoms with Gasteiger partial charge in [0.1, 0.15) is 16.2 Å². The van der Waals surface area contributed by atoms with Crippen molar-refractivity contribution in [3.63, 3.8) is 0 Å². The first-order valence-electron chi connectivity index (χ1n) is 7.76. The number of aromatic nitrogens is 1. The molecular weight excluding hydrogens is 328 g/mol. The number of nitrogens with one attached hydrogen (secondary N) is 1. The Hall–Kier alpha value is -1.53. The Morgan fingerprint density at radius 2 is 2.39 bits per heavy atom. The van der Waals surface area contributed by atoms with Crippen LogP contribution in [0.15, 0.2) is 27.9 Å². The average molecular weight is 348 g/mol. The van der Waals surface area contributed by atoms with Crippen molar-refractivity contribution >= 4 is 29.0 Å². The molecule has 122 valence electrons. The van der Waals surface area contributed by atoms with E-state index in [1.54, 1.807) is 23.1 Å². The molecular formula is C17H20N2O2S2. The highest BCUT2D eigenvalue weighted by Crippen LogP contribution is 2.29. The quantitative estimate of drug-likeness (QED) is 0.813. The zero-order valence-electron chi connectivity index (χ0n) is 13.3. The number of thiazole rings is 1. The van der Waals surface area contributed by atoms with E-state index < -0.39 is 0 Å². The summed E-state index contributed by atoms with van der Waals surface area (Å²) < 4.78 is 6.72. The van der Waals surface area contributed by atoms with Crippen molar-refractivity contribution in [3.8, 4) is 5.75 Å². The Morgan fingerprint density at radius 3 is 3.22 bits per heavy atom. The molecule has 0 aliphatic carbocycles. The number of amides is 1. The van der Waals surface area contributed by atoms with Gasteiger partial charge >= 0.3 is 0 Å². The number of carbonyl (C=O) groups excluding carboxylic acids is 1. The third-order valence-corrected chi connectivity index (χ3v) is 5.54. The summed E-state index contributed by atoms with van der Waals surface area (Å²) in [5.74, 6) is 1.98. The fourth-order valence-corrected chi connectivity index (χ4v) is 4.31. The van der Waals surface area contributed by atoms with Gasteiger partial charge in [0.05, 0.1) is 12.1 Å². The van der Waals surface area contributed by atoms with Crippen LogP contribution in [0.25, 0.3) is 0 Å². The number of hydrogen-bond donors (Lipinski definition) is 1. The number of ether oxygens (including phenoxy) is 1. The van der Waals surface area contributed by atoms with Crippen molar-refractivity contribution in [2.45, 2.75) is 43.7 Å². The number of carbonyl (C=O) groups is 1. The summed E-state index contributed by atoms with van der Waals surface area (Å²) in [5.41, 5.74) is 3.18. The predicted molar refractivity (Wildman–Crippen MR) is 94.3 cm³/mol. The Bertz CT molecular complexity index is 700. The van der Waals surface area contributed by atoms with Crippen LogP contribution in [0.2, 0.25) is 0 Å². The highest BCUT2D eigenvalue weighted by Gasteiger charge is 2.18. The standard InChI is InChI=1S/C17H20N2O2S2/c1-3-22-17-19-14(10-23-17)8-16(20)18-9-12-4-5-15-13(7-12)6-11(2)21-15/h4-5,7,10-11H,3,6,8-9H2,1-2H3,(H,18,20)/t11-/m0/s1. The minimum absolute atomic E-state index is 0.00784. The van der Waals surface area contributed by atoms with Crippen molar-refractivity contribution in [1.29, 1.82) is 0 Å². The average Bonchev–Trinajstić information content (AvgIpc) is 3.10. The van der Waals surface area contributed by atoms with Crippen LogP contribution in [-0.2, 0) is 24.2 Å². The lowest BCUT2D eigenvalue weighted by atomic mass is 10.1. The molecule has 0 saturated heterocycles. The van der Waals surface area contributed by atoms with Gasteiger partial charge in [-0.1, -0.05) is 30.8 Å². The maximum Gasteiger partial charge on any atom is 0.226 e. The van der Waals surface area contributed by atoms with Gasteiger partial charge < -0.3 is 10.1 Å². The Balaban J connectivity index is 1.52. The second-order valence-corrected chi connectivity index (χ2v) is 7.94. The summed E-state index contributed by atoms with van der Waals surface area (Å²) in [6.45, 7) is 4.71. The third-order valence-electron chi connectivity index (χ3n) is 3.59. The first kappa shape index (κ1) is 16.3. The van der Waals surface area contributed by atoms with E-state index in [9.17, 15) is 4.79 Å². The largest absolute Gasteiger partial charge is 0.490 e. The Labute approximate surface area is 144 Å². The second-order valence-electron chi connectivity index (χ2n) is 5.57. The third kappa shape index (κ3) is 4.26. The lowest BCUT2D eigenvalue weighted by molar-refractivity contribution is -0.120. The lowest BCUT2D eigenvalue weighted by Crippen LogP contribution is -2.24. The van der Waals surface area contributed by atoms with Crippen LogP contribution in [0.3, 0.4) is 0 Å². The van der Waals surface area contributed by atoms with Gasteiger partial charge in [-0.05, 0) is 29.9 Å². The van der Waals surface area contributed by atoms with Crippen molar-refractivity contribution < 1.29 is 9.53 Å². The van der Waals surface area contributed by atoms with Crippen molar-refractivity contribution in [2.24, 2.45) is 0 Å². The zero-order chi connectivity index (χ0) is 16.2. The molecule has 1 aliphatic rings. The number of nitrogens with zero attached hydrogens (tertiary/aromatic N) is 1. The smallest absolute Gasteiger partial charge is 0.226 e. The van der Waals surface area contributed by atoms with E-state index in [0.717, 1.165) is 33.5 Å². The van der Waals surface area contributed by atoms with Gasteiger partial charge in [-0.3, -0.25) is 4.79 Å². The molecule has 1 aliphatic heterocycles. The first-order valence-corrected chi connectivity index (χ1v) is 9.63. The summed E-state index contributed by atoms with van der Waals surface area (Å²) in [6.07, 6.45) is 1.52. The van der Waals surface area contributed by atoms with Crippen LogP contribution in [0.1, 0.15) is 30.7 Å². The van der Waals surface area contributed by atoms with Crippen LogP contribution >= 0.6 is 23.1 Å². The molecule has 23 heavy (non-hydrogen) atoms. The highest BCUT2D eigenvalue weighted by atomic mass is 32.2. The second kappa shape index (κ2) is 7.36. The summed E-state index contributed by atoms with van der Waals surface area (Å²) in [7, 11) is 0.